The SMILES string of the molecule is C[C@H](O)[C@@H](NC(=O)c1cccc(C(=O)N[C@H](C(=O)O)[C@@H](C)O)c1)C(=O)O. The minimum absolute atomic E-state index is 0.0616. The maximum absolute atomic E-state index is 12.1. The molecule has 0 unspecified atom stereocenters. The molecule has 0 spiro atoms. The van der Waals surface area contributed by atoms with Crippen molar-refractivity contribution in [2.24, 2.45) is 0 Å². The van der Waals surface area contributed by atoms with Gasteiger partial charge in [-0.3, -0.25) is 9.59 Å². The molecule has 0 aliphatic carbocycles. The monoisotopic (exact) mass is 368 g/mol. The summed E-state index contributed by atoms with van der Waals surface area (Å²) in [7, 11) is 0. The number of aliphatic carboxylic acids is 2. The van der Waals surface area contributed by atoms with Gasteiger partial charge in [0, 0.05) is 11.1 Å². The maximum atomic E-state index is 12.1. The van der Waals surface area contributed by atoms with E-state index < -0.39 is 48.0 Å². The number of amides is 2. The molecule has 0 radical (unpaired) electrons. The number of rotatable bonds is 8. The van der Waals surface area contributed by atoms with Crippen molar-refractivity contribution in [3.05, 3.63) is 35.4 Å². The molecule has 6 N–H and O–H groups in total. The highest BCUT2D eigenvalue weighted by atomic mass is 16.4. The fourth-order valence-corrected chi connectivity index (χ4v) is 2.03. The normalized spacial score (nSPS) is 15.2. The number of benzene rings is 1. The first kappa shape index (κ1) is 21.1. The zero-order valence-electron chi connectivity index (χ0n) is 14.0. The van der Waals surface area contributed by atoms with Crippen molar-refractivity contribution >= 4 is 23.8 Å². The van der Waals surface area contributed by atoms with E-state index in [1.54, 1.807) is 0 Å². The number of hydrogen-bond acceptors (Lipinski definition) is 6. The highest BCUT2D eigenvalue weighted by Gasteiger charge is 2.27. The van der Waals surface area contributed by atoms with Crippen LogP contribution in [0.3, 0.4) is 0 Å². The predicted molar refractivity (Wildman–Crippen MR) is 87.6 cm³/mol. The van der Waals surface area contributed by atoms with Crippen LogP contribution in [0.1, 0.15) is 34.6 Å². The van der Waals surface area contributed by atoms with Gasteiger partial charge >= 0.3 is 11.9 Å². The Morgan fingerprint density at radius 3 is 1.42 bits per heavy atom. The Labute approximate surface area is 148 Å². The largest absolute Gasteiger partial charge is 0.480 e. The summed E-state index contributed by atoms with van der Waals surface area (Å²) in [6.07, 6.45) is -2.68. The summed E-state index contributed by atoms with van der Waals surface area (Å²) in [6.45, 7) is 2.40. The molecule has 0 aliphatic heterocycles. The van der Waals surface area contributed by atoms with Crippen molar-refractivity contribution in [2.45, 2.75) is 38.1 Å². The van der Waals surface area contributed by atoms with E-state index >= 15 is 0 Å². The van der Waals surface area contributed by atoms with E-state index in [0.29, 0.717) is 0 Å². The second-order valence-electron chi connectivity index (χ2n) is 5.64. The van der Waals surface area contributed by atoms with Crippen molar-refractivity contribution in [1.82, 2.24) is 10.6 Å². The zero-order valence-corrected chi connectivity index (χ0v) is 14.0. The number of aliphatic hydroxyl groups excluding tert-OH is 2. The van der Waals surface area contributed by atoms with Crippen LogP contribution >= 0.6 is 0 Å². The number of aliphatic hydroxyl groups is 2. The molecular formula is C16H20N2O8. The van der Waals surface area contributed by atoms with E-state index in [2.05, 4.69) is 10.6 Å². The zero-order chi connectivity index (χ0) is 20.0. The molecule has 10 nitrogen and oxygen atoms in total. The highest BCUT2D eigenvalue weighted by Crippen LogP contribution is 2.08. The highest BCUT2D eigenvalue weighted by molar-refractivity contribution is 6.01. The summed E-state index contributed by atoms with van der Waals surface area (Å²) in [5.41, 5.74) is -0.123. The molecule has 0 saturated carbocycles. The van der Waals surface area contributed by atoms with Crippen LogP contribution in [0.4, 0.5) is 0 Å². The van der Waals surface area contributed by atoms with Crippen LogP contribution in [0.25, 0.3) is 0 Å². The van der Waals surface area contributed by atoms with Crippen molar-refractivity contribution in [1.29, 1.82) is 0 Å². The van der Waals surface area contributed by atoms with Gasteiger partial charge < -0.3 is 31.1 Å². The molecule has 1 aromatic rings. The van der Waals surface area contributed by atoms with Gasteiger partial charge in [-0.2, -0.15) is 0 Å². The third-order valence-corrected chi connectivity index (χ3v) is 3.46. The molecule has 0 aromatic heterocycles. The Morgan fingerprint density at radius 1 is 0.808 bits per heavy atom. The minimum Gasteiger partial charge on any atom is -0.480 e. The van der Waals surface area contributed by atoms with Gasteiger partial charge in [-0.15, -0.1) is 0 Å². The molecule has 0 bridgehead atoms. The average molecular weight is 368 g/mol. The summed E-state index contributed by atoms with van der Waals surface area (Å²) in [5, 5.41) is 40.9. The topological polar surface area (TPSA) is 173 Å². The van der Waals surface area contributed by atoms with Gasteiger partial charge in [-0.05, 0) is 32.0 Å². The molecule has 0 fully saturated rings. The summed E-state index contributed by atoms with van der Waals surface area (Å²) in [4.78, 5) is 46.3. The summed E-state index contributed by atoms with van der Waals surface area (Å²) in [5.74, 6) is -4.52. The lowest BCUT2D eigenvalue weighted by Gasteiger charge is -2.18. The van der Waals surface area contributed by atoms with Crippen molar-refractivity contribution in [3.63, 3.8) is 0 Å². The lowest BCUT2D eigenvalue weighted by Crippen LogP contribution is -2.48. The van der Waals surface area contributed by atoms with Crippen LogP contribution in [0, 0.1) is 0 Å². The summed E-state index contributed by atoms with van der Waals surface area (Å²) >= 11 is 0. The fraction of sp³-hybridized carbons (Fsp3) is 0.375. The number of hydrogen-bond donors (Lipinski definition) is 6. The van der Waals surface area contributed by atoms with E-state index in [0.717, 1.165) is 6.07 Å². The molecule has 0 aliphatic rings. The smallest absolute Gasteiger partial charge is 0.328 e. The van der Waals surface area contributed by atoms with Crippen LogP contribution in [-0.2, 0) is 9.59 Å². The van der Waals surface area contributed by atoms with Crippen LogP contribution in [-0.4, -0.2) is 68.5 Å². The van der Waals surface area contributed by atoms with Gasteiger partial charge in [0.15, 0.2) is 12.1 Å². The molecular weight excluding hydrogens is 348 g/mol. The molecule has 10 heteroatoms. The third kappa shape index (κ3) is 5.53. The first-order chi connectivity index (χ1) is 12.0. The standard InChI is InChI=1S/C16H20N2O8/c1-7(19)11(15(23)24)17-13(21)9-4-3-5-10(6-9)14(22)18-12(8(2)20)16(25)26/h3-8,11-12,19-20H,1-2H3,(H,17,21)(H,18,22)(H,23,24)(H,25,26)/t7-,8+,11+,12-. The summed E-state index contributed by atoms with van der Waals surface area (Å²) < 4.78 is 0. The molecule has 1 aromatic carbocycles. The number of carbonyl (C=O) groups excluding carboxylic acids is 2. The molecule has 0 saturated heterocycles. The van der Waals surface area contributed by atoms with Crippen molar-refractivity contribution < 1.29 is 39.6 Å². The Bertz CT molecular complexity index is 646. The van der Waals surface area contributed by atoms with E-state index in [-0.39, 0.29) is 11.1 Å². The van der Waals surface area contributed by atoms with Gasteiger partial charge in [-0.25, -0.2) is 9.59 Å². The van der Waals surface area contributed by atoms with E-state index in [1.165, 1.54) is 32.0 Å². The molecule has 26 heavy (non-hydrogen) atoms. The van der Waals surface area contributed by atoms with Gasteiger partial charge in [0.05, 0.1) is 12.2 Å². The lowest BCUT2D eigenvalue weighted by atomic mass is 10.1. The number of carboxylic acid groups (broad SMARTS) is 2. The van der Waals surface area contributed by atoms with E-state index in [9.17, 15) is 29.4 Å². The van der Waals surface area contributed by atoms with Crippen LogP contribution < -0.4 is 10.6 Å². The van der Waals surface area contributed by atoms with Crippen molar-refractivity contribution in [3.8, 4) is 0 Å². The molecule has 1 rings (SSSR count). The van der Waals surface area contributed by atoms with E-state index in [4.69, 9.17) is 10.2 Å². The first-order valence-corrected chi connectivity index (χ1v) is 7.58. The number of nitrogens with one attached hydrogen (secondary N) is 2. The second kappa shape index (κ2) is 8.92. The quantitative estimate of drug-likeness (QED) is 0.332. The Kier molecular flexibility index (Phi) is 7.23. The molecule has 0 heterocycles. The third-order valence-electron chi connectivity index (χ3n) is 3.46. The second-order valence-corrected chi connectivity index (χ2v) is 5.64. The minimum atomic E-state index is -1.54. The molecule has 4 atom stereocenters. The van der Waals surface area contributed by atoms with Crippen LogP contribution in [0.2, 0.25) is 0 Å². The van der Waals surface area contributed by atoms with Crippen LogP contribution in [0.15, 0.2) is 24.3 Å². The Balaban J connectivity index is 2.96. The Morgan fingerprint density at radius 2 is 1.15 bits per heavy atom. The summed E-state index contributed by atoms with van der Waals surface area (Å²) in [6, 6.07) is 2.04. The number of carbonyl (C=O) groups is 4. The van der Waals surface area contributed by atoms with Gasteiger partial charge in [-0.1, -0.05) is 6.07 Å². The fourth-order valence-electron chi connectivity index (χ4n) is 2.03. The average Bonchev–Trinajstić information content (AvgIpc) is 2.55. The van der Waals surface area contributed by atoms with Gasteiger partial charge in [0.1, 0.15) is 0 Å². The Hall–Kier alpha value is -2.98. The molecule has 2 amide bonds. The maximum Gasteiger partial charge on any atom is 0.328 e. The van der Waals surface area contributed by atoms with Crippen molar-refractivity contribution in [2.75, 3.05) is 0 Å². The van der Waals surface area contributed by atoms with E-state index in [1.807, 2.05) is 0 Å². The van der Waals surface area contributed by atoms with Gasteiger partial charge in [0.2, 0.25) is 0 Å². The lowest BCUT2D eigenvalue weighted by molar-refractivity contribution is -0.142. The molecule has 142 valence electrons. The number of carboxylic acids is 2. The van der Waals surface area contributed by atoms with Crippen LogP contribution in [0.5, 0.6) is 0 Å². The predicted octanol–water partition coefficient (Wildman–Crippen LogP) is -1.19. The van der Waals surface area contributed by atoms with Gasteiger partial charge in [0.25, 0.3) is 11.8 Å². The first-order valence-electron chi connectivity index (χ1n) is 7.58.